The van der Waals surface area contributed by atoms with Crippen LogP contribution in [0, 0.1) is 0 Å². The van der Waals surface area contributed by atoms with Crippen molar-refractivity contribution in [3.05, 3.63) is 53.6 Å². The standard InChI is InChI=1S/C18H21N3O2/c1-21(2)16-7-5-14(6-8-16)12-19-20-13-15-11-17(22-3)9-10-18(15)23-4/h5-13H,1-4H3/b19-12+,20-13+. The molecule has 0 atom stereocenters. The lowest BCUT2D eigenvalue weighted by Crippen LogP contribution is -2.08. The van der Waals surface area contributed by atoms with Crippen LogP contribution >= 0.6 is 0 Å². The van der Waals surface area contributed by atoms with Crippen LogP contribution in [0.15, 0.2) is 52.7 Å². The highest BCUT2D eigenvalue weighted by Gasteiger charge is 2.02. The zero-order valence-electron chi connectivity index (χ0n) is 13.9. The Hall–Kier alpha value is -2.82. The van der Waals surface area contributed by atoms with E-state index < -0.39 is 0 Å². The maximum atomic E-state index is 5.29. The zero-order valence-corrected chi connectivity index (χ0v) is 13.9. The quantitative estimate of drug-likeness (QED) is 0.608. The first-order valence-electron chi connectivity index (χ1n) is 7.20. The van der Waals surface area contributed by atoms with Gasteiger partial charge in [0.25, 0.3) is 0 Å². The minimum atomic E-state index is 0.722. The molecule has 5 nitrogen and oxygen atoms in total. The normalized spacial score (nSPS) is 11.1. The molecule has 2 rings (SSSR count). The van der Waals surface area contributed by atoms with E-state index in [-0.39, 0.29) is 0 Å². The number of anilines is 1. The Morgan fingerprint density at radius 3 is 2.17 bits per heavy atom. The molecule has 0 aliphatic heterocycles. The van der Waals surface area contributed by atoms with Crippen LogP contribution in [0.3, 0.4) is 0 Å². The Bertz CT molecular complexity index is 692. The lowest BCUT2D eigenvalue weighted by atomic mass is 10.2. The van der Waals surface area contributed by atoms with Gasteiger partial charge < -0.3 is 14.4 Å². The molecular weight excluding hydrogens is 290 g/mol. The molecule has 0 aromatic heterocycles. The molecule has 0 amide bonds. The van der Waals surface area contributed by atoms with E-state index >= 15 is 0 Å². The van der Waals surface area contributed by atoms with Gasteiger partial charge in [-0.25, -0.2) is 0 Å². The fourth-order valence-electron chi connectivity index (χ4n) is 1.99. The predicted octanol–water partition coefficient (Wildman–Crippen LogP) is 3.22. The van der Waals surface area contributed by atoms with E-state index in [1.54, 1.807) is 26.6 Å². The van der Waals surface area contributed by atoms with Crippen LogP contribution in [0.1, 0.15) is 11.1 Å². The summed E-state index contributed by atoms with van der Waals surface area (Å²) < 4.78 is 10.5. The van der Waals surface area contributed by atoms with Gasteiger partial charge in [0, 0.05) is 25.3 Å². The maximum absolute atomic E-state index is 5.29. The van der Waals surface area contributed by atoms with E-state index in [1.807, 2.05) is 61.5 Å². The molecule has 2 aromatic carbocycles. The van der Waals surface area contributed by atoms with Crippen molar-refractivity contribution in [3.8, 4) is 11.5 Å². The van der Waals surface area contributed by atoms with E-state index in [2.05, 4.69) is 10.2 Å². The van der Waals surface area contributed by atoms with Gasteiger partial charge in [0.05, 0.1) is 26.6 Å². The van der Waals surface area contributed by atoms with Crippen LogP contribution in [-0.2, 0) is 0 Å². The summed E-state index contributed by atoms with van der Waals surface area (Å²) in [5, 5.41) is 8.15. The molecule has 120 valence electrons. The number of benzene rings is 2. The summed E-state index contributed by atoms with van der Waals surface area (Å²) in [6.07, 6.45) is 3.36. The van der Waals surface area contributed by atoms with E-state index in [0.29, 0.717) is 0 Å². The van der Waals surface area contributed by atoms with Crippen LogP contribution < -0.4 is 14.4 Å². The number of hydrogen-bond donors (Lipinski definition) is 0. The van der Waals surface area contributed by atoms with Gasteiger partial charge in [-0.1, -0.05) is 12.1 Å². The highest BCUT2D eigenvalue weighted by atomic mass is 16.5. The van der Waals surface area contributed by atoms with Crippen LogP contribution in [0.2, 0.25) is 0 Å². The molecule has 0 spiro atoms. The third-order valence-corrected chi connectivity index (χ3v) is 3.32. The third kappa shape index (κ3) is 4.57. The highest BCUT2D eigenvalue weighted by molar-refractivity contribution is 5.85. The van der Waals surface area contributed by atoms with Gasteiger partial charge in [-0.15, -0.1) is 0 Å². The van der Waals surface area contributed by atoms with Crippen molar-refractivity contribution in [2.75, 3.05) is 33.2 Å². The van der Waals surface area contributed by atoms with Crippen LogP contribution in [-0.4, -0.2) is 40.7 Å². The SMILES string of the molecule is COc1ccc(OC)c(/C=N/N=C/c2ccc(N(C)C)cc2)c1. The van der Waals surface area contributed by atoms with Crippen LogP contribution in [0.25, 0.3) is 0 Å². The minimum absolute atomic E-state index is 0.722. The number of hydrogen-bond acceptors (Lipinski definition) is 5. The van der Waals surface area contributed by atoms with Gasteiger partial charge in [-0.3, -0.25) is 0 Å². The first-order chi connectivity index (χ1) is 11.1. The first-order valence-corrected chi connectivity index (χ1v) is 7.20. The first kappa shape index (κ1) is 16.5. The van der Waals surface area contributed by atoms with Crippen molar-refractivity contribution in [1.82, 2.24) is 0 Å². The largest absolute Gasteiger partial charge is 0.497 e. The van der Waals surface area contributed by atoms with Gasteiger partial charge in [-0.05, 0) is 35.9 Å². The Morgan fingerprint density at radius 2 is 1.57 bits per heavy atom. The van der Waals surface area contributed by atoms with E-state index in [1.165, 1.54) is 0 Å². The topological polar surface area (TPSA) is 46.4 Å². The summed E-state index contributed by atoms with van der Waals surface area (Å²) in [5.41, 5.74) is 2.95. The molecule has 0 N–H and O–H groups in total. The molecule has 0 aliphatic rings. The molecule has 0 heterocycles. The second-order valence-corrected chi connectivity index (χ2v) is 5.08. The lowest BCUT2D eigenvalue weighted by Gasteiger charge is -2.11. The van der Waals surface area contributed by atoms with Gasteiger partial charge in [-0.2, -0.15) is 10.2 Å². The van der Waals surface area contributed by atoms with Crippen LogP contribution in [0.5, 0.6) is 11.5 Å². The van der Waals surface area contributed by atoms with Crippen LogP contribution in [0.4, 0.5) is 5.69 Å². The van der Waals surface area contributed by atoms with E-state index in [4.69, 9.17) is 9.47 Å². The number of methoxy groups -OCH3 is 2. The number of nitrogens with zero attached hydrogens (tertiary/aromatic N) is 3. The van der Waals surface area contributed by atoms with Gasteiger partial charge in [0.2, 0.25) is 0 Å². The Kier molecular flexibility index (Phi) is 5.74. The fraction of sp³-hybridized carbons (Fsp3) is 0.222. The molecular formula is C18H21N3O2. The molecule has 5 heteroatoms. The lowest BCUT2D eigenvalue weighted by molar-refractivity contribution is 0.402. The molecule has 0 radical (unpaired) electrons. The van der Waals surface area contributed by atoms with E-state index in [0.717, 1.165) is 28.3 Å². The highest BCUT2D eigenvalue weighted by Crippen LogP contribution is 2.22. The molecule has 0 unspecified atom stereocenters. The maximum Gasteiger partial charge on any atom is 0.127 e. The van der Waals surface area contributed by atoms with Crippen molar-refractivity contribution in [2.24, 2.45) is 10.2 Å². The van der Waals surface area contributed by atoms with Crippen molar-refractivity contribution >= 4 is 18.1 Å². The second-order valence-electron chi connectivity index (χ2n) is 5.08. The summed E-state index contributed by atoms with van der Waals surface area (Å²) in [4.78, 5) is 2.05. The van der Waals surface area contributed by atoms with E-state index in [9.17, 15) is 0 Å². The predicted molar refractivity (Wildman–Crippen MR) is 95.5 cm³/mol. The summed E-state index contributed by atoms with van der Waals surface area (Å²) in [7, 11) is 7.26. The Labute approximate surface area is 136 Å². The zero-order chi connectivity index (χ0) is 16.7. The van der Waals surface area contributed by atoms with Crippen molar-refractivity contribution in [2.45, 2.75) is 0 Å². The average Bonchev–Trinajstić information content (AvgIpc) is 2.58. The Morgan fingerprint density at radius 1 is 0.870 bits per heavy atom. The minimum Gasteiger partial charge on any atom is -0.497 e. The monoisotopic (exact) mass is 311 g/mol. The molecule has 0 saturated carbocycles. The molecule has 23 heavy (non-hydrogen) atoms. The number of ether oxygens (including phenoxy) is 2. The fourth-order valence-corrected chi connectivity index (χ4v) is 1.99. The molecule has 0 fully saturated rings. The summed E-state index contributed by atoms with van der Waals surface area (Å²) in [6, 6.07) is 13.6. The van der Waals surface area contributed by atoms with Crippen molar-refractivity contribution in [3.63, 3.8) is 0 Å². The number of rotatable bonds is 6. The second kappa shape index (κ2) is 7.98. The molecule has 0 saturated heterocycles. The Balaban J connectivity index is 2.08. The van der Waals surface area contributed by atoms with Crippen molar-refractivity contribution < 1.29 is 9.47 Å². The van der Waals surface area contributed by atoms with Gasteiger partial charge in [0.15, 0.2) is 0 Å². The van der Waals surface area contributed by atoms with Gasteiger partial charge in [0.1, 0.15) is 11.5 Å². The molecule has 2 aromatic rings. The summed E-state index contributed by atoms with van der Waals surface area (Å²) in [6.45, 7) is 0. The summed E-state index contributed by atoms with van der Waals surface area (Å²) >= 11 is 0. The smallest absolute Gasteiger partial charge is 0.127 e. The summed E-state index contributed by atoms with van der Waals surface area (Å²) in [5.74, 6) is 1.47. The third-order valence-electron chi connectivity index (χ3n) is 3.32. The molecule has 0 aliphatic carbocycles. The molecule has 0 bridgehead atoms. The van der Waals surface area contributed by atoms with Crippen molar-refractivity contribution in [1.29, 1.82) is 0 Å². The van der Waals surface area contributed by atoms with Gasteiger partial charge >= 0.3 is 0 Å². The average molecular weight is 311 g/mol.